The van der Waals surface area contributed by atoms with E-state index in [4.69, 9.17) is 0 Å². The summed E-state index contributed by atoms with van der Waals surface area (Å²) in [6.07, 6.45) is 3.83. The topological polar surface area (TPSA) is 62.2 Å². The number of amides is 2. The Kier molecular flexibility index (Phi) is 4.96. The molecule has 0 fully saturated rings. The summed E-state index contributed by atoms with van der Waals surface area (Å²) in [5.41, 5.74) is 1.14. The van der Waals surface area contributed by atoms with Gasteiger partial charge in [-0.15, -0.1) is 0 Å². The Morgan fingerprint density at radius 1 is 1.53 bits per heavy atom. The van der Waals surface area contributed by atoms with Crippen molar-refractivity contribution in [2.24, 2.45) is 7.05 Å². The largest absolute Gasteiger partial charge is 0.337 e. The van der Waals surface area contributed by atoms with E-state index in [1.54, 1.807) is 18.8 Å². The second-order valence-electron chi connectivity index (χ2n) is 4.25. The van der Waals surface area contributed by atoms with E-state index < -0.39 is 0 Å². The van der Waals surface area contributed by atoms with Gasteiger partial charge in [-0.2, -0.15) is 5.10 Å². The number of rotatable bonds is 5. The standard InChI is InChI=1S/C11H21N5O/c1-9(10-7-14-16(4)8-10)12-5-6-13-11(17)15(2)3/h7-9,12H,5-6H2,1-4H3,(H,13,17). The maximum absolute atomic E-state index is 11.2. The number of carbonyl (C=O) groups is 1. The number of nitrogens with one attached hydrogen (secondary N) is 2. The monoisotopic (exact) mass is 239 g/mol. The van der Waals surface area contributed by atoms with Crippen molar-refractivity contribution in [3.05, 3.63) is 18.0 Å². The molecular formula is C11H21N5O. The van der Waals surface area contributed by atoms with E-state index >= 15 is 0 Å². The van der Waals surface area contributed by atoms with E-state index in [0.717, 1.165) is 12.1 Å². The molecule has 1 heterocycles. The van der Waals surface area contributed by atoms with E-state index in [-0.39, 0.29) is 12.1 Å². The number of carbonyl (C=O) groups excluding carboxylic acids is 1. The Bertz CT molecular complexity index is 360. The highest BCUT2D eigenvalue weighted by Crippen LogP contribution is 2.09. The summed E-state index contributed by atoms with van der Waals surface area (Å²) in [7, 11) is 5.34. The van der Waals surface area contributed by atoms with Crippen LogP contribution in [0.4, 0.5) is 4.79 Å². The number of urea groups is 1. The molecule has 0 aliphatic rings. The predicted molar refractivity (Wildman–Crippen MR) is 66.7 cm³/mol. The van der Waals surface area contributed by atoms with E-state index in [1.165, 1.54) is 4.90 Å². The van der Waals surface area contributed by atoms with Gasteiger partial charge in [-0.3, -0.25) is 4.68 Å². The van der Waals surface area contributed by atoms with Crippen molar-refractivity contribution in [1.29, 1.82) is 0 Å². The Morgan fingerprint density at radius 2 is 2.24 bits per heavy atom. The van der Waals surface area contributed by atoms with Gasteiger partial charge in [0, 0.05) is 52.0 Å². The normalized spacial score (nSPS) is 12.2. The number of hydrogen-bond donors (Lipinski definition) is 2. The molecule has 0 bridgehead atoms. The van der Waals surface area contributed by atoms with Crippen LogP contribution in [0.25, 0.3) is 0 Å². The quantitative estimate of drug-likeness (QED) is 0.728. The van der Waals surface area contributed by atoms with Crippen molar-refractivity contribution in [3.8, 4) is 0 Å². The van der Waals surface area contributed by atoms with Crippen molar-refractivity contribution < 1.29 is 4.79 Å². The Balaban J connectivity index is 2.21. The smallest absolute Gasteiger partial charge is 0.316 e. The zero-order valence-electron chi connectivity index (χ0n) is 10.9. The molecule has 0 spiro atoms. The van der Waals surface area contributed by atoms with Crippen LogP contribution in [0, 0.1) is 0 Å². The third-order valence-electron chi connectivity index (χ3n) is 2.48. The highest BCUT2D eigenvalue weighted by atomic mass is 16.2. The van der Waals surface area contributed by atoms with Gasteiger partial charge >= 0.3 is 6.03 Å². The lowest BCUT2D eigenvalue weighted by molar-refractivity contribution is 0.217. The third-order valence-corrected chi connectivity index (χ3v) is 2.48. The van der Waals surface area contributed by atoms with Gasteiger partial charge in [-0.1, -0.05) is 0 Å². The number of nitrogens with zero attached hydrogens (tertiary/aromatic N) is 3. The maximum atomic E-state index is 11.2. The molecule has 0 aromatic carbocycles. The van der Waals surface area contributed by atoms with Crippen LogP contribution >= 0.6 is 0 Å². The molecule has 0 aliphatic carbocycles. The van der Waals surface area contributed by atoms with Crippen molar-refractivity contribution in [2.75, 3.05) is 27.2 Å². The van der Waals surface area contributed by atoms with E-state index in [9.17, 15) is 4.79 Å². The van der Waals surface area contributed by atoms with Gasteiger partial charge in [0.2, 0.25) is 0 Å². The summed E-state index contributed by atoms with van der Waals surface area (Å²) in [6, 6.07) is 0.167. The molecular weight excluding hydrogens is 218 g/mol. The van der Waals surface area contributed by atoms with E-state index in [2.05, 4.69) is 22.7 Å². The molecule has 1 aromatic heterocycles. The third kappa shape index (κ3) is 4.44. The molecule has 0 radical (unpaired) electrons. The van der Waals surface area contributed by atoms with Gasteiger partial charge in [-0.25, -0.2) is 4.79 Å². The fraction of sp³-hybridized carbons (Fsp3) is 0.636. The van der Waals surface area contributed by atoms with Crippen molar-refractivity contribution in [2.45, 2.75) is 13.0 Å². The van der Waals surface area contributed by atoms with Crippen LogP contribution in [0.2, 0.25) is 0 Å². The molecule has 96 valence electrons. The fourth-order valence-corrected chi connectivity index (χ4v) is 1.40. The van der Waals surface area contributed by atoms with Crippen molar-refractivity contribution >= 4 is 6.03 Å². The summed E-state index contributed by atoms with van der Waals surface area (Å²) in [6.45, 7) is 3.42. The molecule has 1 rings (SSSR count). The van der Waals surface area contributed by atoms with Gasteiger partial charge in [0.25, 0.3) is 0 Å². The second kappa shape index (κ2) is 6.24. The summed E-state index contributed by atoms with van der Waals surface area (Å²) in [5.74, 6) is 0. The molecule has 6 nitrogen and oxygen atoms in total. The number of aromatic nitrogens is 2. The lowest BCUT2D eigenvalue weighted by Gasteiger charge is -2.14. The van der Waals surface area contributed by atoms with Crippen molar-refractivity contribution in [1.82, 2.24) is 25.3 Å². The van der Waals surface area contributed by atoms with Crippen LogP contribution < -0.4 is 10.6 Å². The van der Waals surface area contributed by atoms with Crippen LogP contribution in [0.3, 0.4) is 0 Å². The molecule has 1 unspecified atom stereocenters. The van der Waals surface area contributed by atoms with Gasteiger partial charge in [0.05, 0.1) is 6.20 Å². The zero-order chi connectivity index (χ0) is 12.8. The molecule has 0 saturated carbocycles. The minimum absolute atomic E-state index is 0.0687. The molecule has 2 N–H and O–H groups in total. The Hall–Kier alpha value is -1.56. The van der Waals surface area contributed by atoms with Crippen molar-refractivity contribution in [3.63, 3.8) is 0 Å². The highest BCUT2D eigenvalue weighted by molar-refractivity contribution is 5.73. The zero-order valence-corrected chi connectivity index (χ0v) is 10.9. The van der Waals surface area contributed by atoms with E-state index in [1.807, 2.05) is 19.4 Å². The molecule has 1 aromatic rings. The molecule has 1 atom stereocenters. The lowest BCUT2D eigenvalue weighted by Crippen LogP contribution is -2.38. The lowest BCUT2D eigenvalue weighted by atomic mass is 10.2. The molecule has 0 aliphatic heterocycles. The van der Waals surface area contributed by atoms with Crippen LogP contribution in [-0.4, -0.2) is 47.9 Å². The average Bonchev–Trinajstić information content (AvgIpc) is 2.70. The summed E-state index contributed by atoms with van der Waals surface area (Å²) < 4.78 is 1.78. The number of aryl methyl sites for hydroxylation is 1. The summed E-state index contributed by atoms with van der Waals surface area (Å²) in [5, 5.41) is 10.2. The first-order valence-corrected chi connectivity index (χ1v) is 5.67. The molecule has 0 saturated heterocycles. The van der Waals surface area contributed by atoms with Gasteiger partial charge in [0.1, 0.15) is 0 Å². The first kappa shape index (κ1) is 13.5. The van der Waals surface area contributed by atoms with Crippen LogP contribution in [0.1, 0.15) is 18.5 Å². The molecule has 6 heteroatoms. The molecule has 17 heavy (non-hydrogen) atoms. The van der Waals surface area contributed by atoms with Crippen LogP contribution in [0.5, 0.6) is 0 Å². The summed E-state index contributed by atoms with van der Waals surface area (Å²) in [4.78, 5) is 12.8. The van der Waals surface area contributed by atoms with Gasteiger partial charge < -0.3 is 15.5 Å². The minimum Gasteiger partial charge on any atom is -0.337 e. The van der Waals surface area contributed by atoms with E-state index in [0.29, 0.717) is 6.54 Å². The Labute approximate surface area is 102 Å². The first-order chi connectivity index (χ1) is 8.00. The highest BCUT2D eigenvalue weighted by Gasteiger charge is 2.06. The fourth-order valence-electron chi connectivity index (χ4n) is 1.40. The second-order valence-corrected chi connectivity index (χ2v) is 4.25. The van der Waals surface area contributed by atoms with Gasteiger partial charge in [0.15, 0.2) is 0 Å². The average molecular weight is 239 g/mol. The van der Waals surface area contributed by atoms with Crippen LogP contribution in [-0.2, 0) is 7.05 Å². The van der Waals surface area contributed by atoms with Gasteiger partial charge in [-0.05, 0) is 6.92 Å². The predicted octanol–water partition coefficient (Wildman–Crippen LogP) is 0.342. The summed E-state index contributed by atoms with van der Waals surface area (Å²) >= 11 is 0. The SMILES string of the molecule is CC(NCCNC(=O)N(C)C)c1cnn(C)c1. The maximum Gasteiger partial charge on any atom is 0.316 e. The minimum atomic E-state index is -0.0687. The molecule has 2 amide bonds. The Morgan fingerprint density at radius 3 is 2.76 bits per heavy atom. The first-order valence-electron chi connectivity index (χ1n) is 5.67. The van der Waals surface area contributed by atoms with Crippen LogP contribution in [0.15, 0.2) is 12.4 Å². The number of hydrogen-bond acceptors (Lipinski definition) is 3.